The zero-order valence-electron chi connectivity index (χ0n) is 10.9. The molecule has 0 fully saturated rings. The fraction of sp³-hybridized carbons (Fsp3) is 0.214. The molecule has 1 unspecified atom stereocenters. The molecule has 2 aromatic rings. The predicted molar refractivity (Wildman–Crippen MR) is 73.1 cm³/mol. The van der Waals surface area contributed by atoms with Crippen LogP contribution in [0.4, 0.5) is 0 Å². The lowest BCUT2D eigenvalue weighted by Crippen LogP contribution is -2.41. The van der Waals surface area contributed by atoms with E-state index in [1.165, 1.54) is 0 Å². The Balaban J connectivity index is 1.90. The number of benzene rings is 1. The second kappa shape index (κ2) is 4.62. The van der Waals surface area contributed by atoms with Crippen LogP contribution in [0.1, 0.15) is 12.1 Å². The van der Waals surface area contributed by atoms with E-state index in [9.17, 15) is 14.7 Å². The third-order valence-electron chi connectivity index (χ3n) is 3.48. The number of rotatable bonds is 4. The van der Waals surface area contributed by atoms with Gasteiger partial charge in [-0.15, -0.1) is 0 Å². The number of carboxylic acid groups (broad SMARTS) is 2. The molecular weight excluding hydrogens is 276 g/mol. The van der Waals surface area contributed by atoms with Gasteiger partial charge in [-0.1, -0.05) is 23.4 Å². The molecule has 1 aliphatic heterocycles. The van der Waals surface area contributed by atoms with Crippen molar-refractivity contribution in [2.75, 3.05) is 0 Å². The summed E-state index contributed by atoms with van der Waals surface area (Å²) < 4.78 is 0. The van der Waals surface area contributed by atoms with Gasteiger partial charge in [0.15, 0.2) is 5.71 Å². The van der Waals surface area contributed by atoms with Crippen LogP contribution in [0.2, 0.25) is 0 Å². The number of fused-ring (bicyclic) bond motifs is 1. The fourth-order valence-electron chi connectivity index (χ4n) is 2.41. The number of oxime groups is 1. The van der Waals surface area contributed by atoms with Crippen molar-refractivity contribution in [3.63, 3.8) is 0 Å². The van der Waals surface area contributed by atoms with Gasteiger partial charge in [-0.05, 0) is 17.5 Å². The molecule has 108 valence electrons. The number of nitrogens with one attached hydrogen (secondary N) is 1. The van der Waals surface area contributed by atoms with Gasteiger partial charge < -0.3 is 20.0 Å². The standard InChI is InChI=1S/C14H12N2O5/c17-12(18)11-7-14(13(19)20,21-16-11)6-9-5-8-3-1-2-4-10(8)15-9/h1-5,15H,6-7H2,(H,17,18)(H,19,20). The Kier molecular flexibility index (Phi) is 2.90. The molecule has 0 saturated carbocycles. The van der Waals surface area contributed by atoms with E-state index in [4.69, 9.17) is 9.94 Å². The lowest BCUT2D eigenvalue weighted by atomic mass is 9.92. The number of para-hydroxylation sites is 1. The van der Waals surface area contributed by atoms with Crippen LogP contribution in [-0.4, -0.2) is 38.4 Å². The summed E-state index contributed by atoms with van der Waals surface area (Å²) in [7, 11) is 0. The first-order chi connectivity index (χ1) is 10.00. The molecule has 1 aromatic heterocycles. The highest BCUT2D eigenvalue weighted by Gasteiger charge is 2.49. The van der Waals surface area contributed by atoms with Crippen molar-refractivity contribution in [3.05, 3.63) is 36.0 Å². The lowest BCUT2D eigenvalue weighted by Gasteiger charge is -2.20. The third kappa shape index (κ3) is 2.22. The summed E-state index contributed by atoms with van der Waals surface area (Å²) in [5.41, 5.74) is -0.423. The van der Waals surface area contributed by atoms with Gasteiger partial charge in [-0.3, -0.25) is 0 Å². The van der Waals surface area contributed by atoms with Crippen LogP contribution in [-0.2, 0) is 20.8 Å². The summed E-state index contributed by atoms with van der Waals surface area (Å²) in [5, 5.41) is 22.6. The first kappa shape index (κ1) is 13.2. The maximum atomic E-state index is 11.5. The number of carbonyl (C=O) groups is 2. The van der Waals surface area contributed by atoms with Crippen molar-refractivity contribution in [1.29, 1.82) is 0 Å². The summed E-state index contributed by atoms with van der Waals surface area (Å²) in [5.74, 6) is -2.50. The number of aromatic nitrogens is 1. The van der Waals surface area contributed by atoms with Crippen LogP contribution in [0.15, 0.2) is 35.5 Å². The van der Waals surface area contributed by atoms with Crippen LogP contribution in [0.5, 0.6) is 0 Å². The highest BCUT2D eigenvalue weighted by molar-refractivity contribution is 6.36. The molecule has 0 bridgehead atoms. The molecule has 0 radical (unpaired) electrons. The first-order valence-corrected chi connectivity index (χ1v) is 6.28. The Morgan fingerprint density at radius 3 is 2.71 bits per heavy atom. The minimum atomic E-state index is -1.67. The topological polar surface area (TPSA) is 112 Å². The highest BCUT2D eigenvalue weighted by Crippen LogP contribution is 2.29. The lowest BCUT2D eigenvalue weighted by molar-refractivity contribution is -0.162. The third-order valence-corrected chi connectivity index (χ3v) is 3.48. The van der Waals surface area contributed by atoms with Crippen LogP contribution in [0.3, 0.4) is 0 Å². The zero-order valence-corrected chi connectivity index (χ0v) is 10.9. The van der Waals surface area contributed by atoms with Crippen molar-refractivity contribution in [1.82, 2.24) is 4.98 Å². The molecule has 0 saturated heterocycles. The molecule has 21 heavy (non-hydrogen) atoms. The van der Waals surface area contributed by atoms with E-state index < -0.39 is 17.5 Å². The molecule has 0 amide bonds. The molecular formula is C14H12N2O5. The number of carboxylic acids is 2. The second-order valence-electron chi connectivity index (χ2n) is 4.97. The summed E-state index contributed by atoms with van der Waals surface area (Å²) in [6.45, 7) is 0. The monoisotopic (exact) mass is 288 g/mol. The molecule has 0 spiro atoms. The first-order valence-electron chi connectivity index (χ1n) is 6.28. The van der Waals surface area contributed by atoms with Gasteiger partial charge in [0.25, 0.3) is 0 Å². The van der Waals surface area contributed by atoms with Gasteiger partial charge in [-0.2, -0.15) is 0 Å². The summed E-state index contributed by atoms with van der Waals surface area (Å²) >= 11 is 0. The van der Waals surface area contributed by atoms with Crippen molar-refractivity contribution in [3.8, 4) is 0 Å². The Labute approximate surface area is 118 Å². The minimum absolute atomic E-state index is 0.0112. The molecule has 3 rings (SSSR count). The highest BCUT2D eigenvalue weighted by atomic mass is 16.7. The molecule has 1 aliphatic rings. The molecule has 0 aliphatic carbocycles. The average Bonchev–Trinajstić information content (AvgIpc) is 3.03. The van der Waals surface area contributed by atoms with Crippen molar-refractivity contribution >= 4 is 28.6 Å². The SMILES string of the molecule is O=C(O)C1=NOC(Cc2cc3ccccc3[nH]2)(C(=O)O)C1. The molecule has 7 nitrogen and oxygen atoms in total. The molecule has 7 heteroatoms. The van der Waals surface area contributed by atoms with Crippen LogP contribution in [0.25, 0.3) is 10.9 Å². The summed E-state index contributed by atoms with van der Waals surface area (Å²) in [4.78, 5) is 30.5. The summed E-state index contributed by atoms with van der Waals surface area (Å²) in [6, 6.07) is 9.35. The predicted octanol–water partition coefficient (Wildman–Crippen LogP) is 1.39. The van der Waals surface area contributed by atoms with E-state index in [0.29, 0.717) is 5.69 Å². The Hall–Kier alpha value is -2.83. The number of aliphatic carboxylic acids is 2. The minimum Gasteiger partial charge on any atom is -0.478 e. The van der Waals surface area contributed by atoms with E-state index in [2.05, 4.69) is 10.1 Å². The molecule has 3 N–H and O–H groups in total. The van der Waals surface area contributed by atoms with Crippen LogP contribution < -0.4 is 0 Å². The van der Waals surface area contributed by atoms with Gasteiger partial charge >= 0.3 is 11.9 Å². The van der Waals surface area contributed by atoms with E-state index in [-0.39, 0.29) is 18.6 Å². The number of aromatic amines is 1. The Morgan fingerprint density at radius 2 is 2.10 bits per heavy atom. The van der Waals surface area contributed by atoms with Crippen molar-refractivity contribution < 1.29 is 24.6 Å². The molecule has 2 heterocycles. The normalized spacial score (nSPS) is 21.0. The van der Waals surface area contributed by atoms with Gasteiger partial charge in [0.2, 0.25) is 5.60 Å². The van der Waals surface area contributed by atoms with E-state index in [0.717, 1.165) is 10.9 Å². The van der Waals surface area contributed by atoms with Crippen LogP contribution in [0, 0.1) is 0 Å². The Bertz CT molecular complexity index is 731. The number of hydrogen-bond acceptors (Lipinski definition) is 4. The Morgan fingerprint density at radius 1 is 1.33 bits per heavy atom. The number of hydrogen-bond donors (Lipinski definition) is 3. The van der Waals surface area contributed by atoms with Gasteiger partial charge in [-0.25, -0.2) is 9.59 Å². The van der Waals surface area contributed by atoms with Gasteiger partial charge in [0.05, 0.1) is 6.42 Å². The van der Waals surface area contributed by atoms with E-state index in [1.54, 1.807) is 0 Å². The number of H-pyrrole nitrogens is 1. The fourth-order valence-corrected chi connectivity index (χ4v) is 2.41. The quantitative estimate of drug-likeness (QED) is 0.787. The van der Waals surface area contributed by atoms with E-state index in [1.807, 2.05) is 30.3 Å². The molecule has 1 aromatic carbocycles. The smallest absolute Gasteiger partial charge is 0.353 e. The maximum Gasteiger partial charge on any atom is 0.353 e. The van der Waals surface area contributed by atoms with Gasteiger partial charge in [0, 0.05) is 17.6 Å². The van der Waals surface area contributed by atoms with Crippen LogP contribution >= 0.6 is 0 Å². The zero-order chi connectivity index (χ0) is 15.0. The summed E-state index contributed by atoms with van der Waals surface area (Å²) in [6.07, 6.45) is -0.260. The molecule has 1 atom stereocenters. The van der Waals surface area contributed by atoms with Crippen molar-refractivity contribution in [2.45, 2.75) is 18.4 Å². The maximum absolute atomic E-state index is 11.5. The second-order valence-corrected chi connectivity index (χ2v) is 4.97. The van der Waals surface area contributed by atoms with Crippen molar-refractivity contribution in [2.24, 2.45) is 5.16 Å². The average molecular weight is 288 g/mol. The largest absolute Gasteiger partial charge is 0.478 e. The van der Waals surface area contributed by atoms with E-state index >= 15 is 0 Å². The van der Waals surface area contributed by atoms with Gasteiger partial charge in [0.1, 0.15) is 0 Å². The number of nitrogens with zero attached hydrogens (tertiary/aromatic N) is 1.